The van der Waals surface area contributed by atoms with Crippen molar-refractivity contribution in [2.75, 3.05) is 6.61 Å². The van der Waals surface area contributed by atoms with Crippen molar-refractivity contribution < 1.29 is 26.7 Å². The predicted octanol–water partition coefficient (Wildman–Crippen LogP) is 7.00. The van der Waals surface area contributed by atoms with Gasteiger partial charge in [-0.05, 0) is 39.6 Å². The SMILES string of the molecule is O=C(OCC(F)(F)S(=O)(=O)C(c1ccccc1)(c1ccccc1)c1ccccc1)c1ccc2ccccc2c1. The number of halogens is 2. The van der Waals surface area contributed by atoms with Gasteiger partial charge in [0.25, 0.3) is 0 Å². The zero-order valence-corrected chi connectivity index (χ0v) is 21.5. The van der Waals surface area contributed by atoms with E-state index in [1.54, 1.807) is 72.8 Å². The normalized spacial score (nSPS) is 12.3. The Bertz CT molecular complexity index is 1610. The van der Waals surface area contributed by atoms with Crippen molar-refractivity contribution in [1.29, 1.82) is 0 Å². The van der Waals surface area contributed by atoms with Gasteiger partial charge in [-0.3, -0.25) is 0 Å². The quantitative estimate of drug-likeness (QED) is 0.157. The number of carbonyl (C=O) groups is 1. The lowest BCUT2D eigenvalue weighted by atomic mass is 9.84. The summed E-state index contributed by atoms with van der Waals surface area (Å²) < 4.78 is 63.2. The molecule has 0 unspecified atom stereocenters. The molecule has 0 spiro atoms. The summed E-state index contributed by atoms with van der Waals surface area (Å²) in [5, 5.41) is -2.86. The van der Waals surface area contributed by atoms with E-state index in [1.807, 2.05) is 12.1 Å². The maximum atomic E-state index is 16.0. The highest BCUT2D eigenvalue weighted by Crippen LogP contribution is 2.49. The van der Waals surface area contributed by atoms with Crippen LogP contribution in [0.1, 0.15) is 27.0 Å². The minimum absolute atomic E-state index is 0.0438. The molecule has 0 fully saturated rings. The fourth-order valence-corrected chi connectivity index (χ4v) is 6.84. The van der Waals surface area contributed by atoms with Crippen LogP contribution in [0.2, 0.25) is 0 Å². The lowest BCUT2D eigenvalue weighted by Crippen LogP contribution is -2.49. The molecule has 0 bridgehead atoms. The van der Waals surface area contributed by atoms with E-state index in [4.69, 9.17) is 4.74 Å². The van der Waals surface area contributed by atoms with Crippen molar-refractivity contribution >= 4 is 26.6 Å². The first kappa shape index (κ1) is 26.3. The molecule has 0 amide bonds. The maximum absolute atomic E-state index is 16.0. The van der Waals surface area contributed by atoms with E-state index in [9.17, 15) is 13.2 Å². The molecule has 7 heteroatoms. The van der Waals surface area contributed by atoms with Gasteiger partial charge in [-0.25, -0.2) is 13.2 Å². The average Bonchev–Trinajstić information content (AvgIpc) is 2.97. The van der Waals surface area contributed by atoms with Crippen LogP contribution in [0.5, 0.6) is 0 Å². The number of alkyl halides is 2. The van der Waals surface area contributed by atoms with E-state index >= 15 is 8.78 Å². The zero-order valence-electron chi connectivity index (χ0n) is 20.7. The van der Waals surface area contributed by atoms with E-state index < -0.39 is 32.4 Å². The lowest BCUT2D eigenvalue weighted by Gasteiger charge is -2.37. The number of fused-ring (bicyclic) bond motifs is 1. The van der Waals surface area contributed by atoms with Gasteiger partial charge in [-0.2, -0.15) is 8.78 Å². The molecule has 0 heterocycles. The van der Waals surface area contributed by atoms with Crippen molar-refractivity contribution in [3.63, 3.8) is 0 Å². The summed E-state index contributed by atoms with van der Waals surface area (Å²) in [5.74, 6) is -1.04. The van der Waals surface area contributed by atoms with Gasteiger partial charge in [-0.1, -0.05) is 121 Å². The molecule has 0 aliphatic carbocycles. The third-order valence-corrected chi connectivity index (χ3v) is 9.11. The Morgan fingerprint density at radius 2 is 1.05 bits per heavy atom. The molecule has 39 heavy (non-hydrogen) atoms. The maximum Gasteiger partial charge on any atom is 0.380 e. The number of hydrogen-bond acceptors (Lipinski definition) is 4. The van der Waals surface area contributed by atoms with Crippen LogP contribution in [-0.4, -0.2) is 26.2 Å². The highest BCUT2D eigenvalue weighted by molar-refractivity contribution is 7.93. The first-order valence-electron chi connectivity index (χ1n) is 12.2. The molecule has 0 radical (unpaired) electrons. The van der Waals surface area contributed by atoms with Crippen molar-refractivity contribution in [3.8, 4) is 0 Å². The second kappa shape index (κ2) is 10.4. The molecule has 0 aliphatic heterocycles. The second-order valence-electron chi connectivity index (χ2n) is 9.06. The Labute approximate surface area is 225 Å². The standard InChI is InChI=1S/C32H24F2O4S/c33-31(34,23-38-30(35)26-21-20-24-12-10-11-13-25(24)22-26)39(36,37)32(27-14-4-1-5-15-27,28-16-6-2-7-17-28)29-18-8-3-9-19-29/h1-22H,23H2. The van der Waals surface area contributed by atoms with Crippen LogP contribution in [0.4, 0.5) is 8.78 Å². The van der Waals surface area contributed by atoms with Crippen LogP contribution in [0.3, 0.4) is 0 Å². The van der Waals surface area contributed by atoms with E-state index in [1.165, 1.54) is 48.5 Å². The van der Waals surface area contributed by atoms with Gasteiger partial charge in [-0.15, -0.1) is 0 Å². The Morgan fingerprint density at radius 1 is 0.615 bits per heavy atom. The number of esters is 1. The Hall–Kier alpha value is -4.36. The summed E-state index contributed by atoms with van der Waals surface area (Å²) in [6.07, 6.45) is 0. The van der Waals surface area contributed by atoms with Crippen LogP contribution in [-0.2, 0) is 19.3 Å². The van der Waals surface area contributed by atoms with Crippen molar-refractivity contribution in [1.82, 2.24) is 0 Å². The summed E-state index contributed by atoms with van der Waals surface area (Å²) in [6, 6.07) is 35.6. The fourth-order valence-electron chi connectivity index (χ4n) is 4.83. The average molecular weight is 543 g/mol. The van der Waals surface area contributed by atoms with Crippen LogP contribution in [0.15, 0.2) is 133 Å². The Morgan fingerprint density at radius 3 is 1.54 bits per heavy atom. The van der Waals surface area contributed by atoms with E-state index in [0.717, 1.165) is 10.8 Å². The number of hydrogen-bond donors (Lipinski definition) is 0. The molecule has 5 aromatic rings. The minimum Gasteiger partial charge on any atom is -0.454 e. The molecule has 0 atom stereocenters. The number of rotatable bonds is 8. The largest absolute Gasteiger partial charge is 0.454 e. The van der Waals surface area contributed by atoms with Crippen molar-refractivity contribution in [3.05, 3.63) is 156 Å². The Kier molecular flexibility index (Phi) is 7.02. The lowest BCUT2D eigenvalue weighted by molar-refractivity contribution is -0.00619. The summed E-state index contributed by atoms with van der Waals surface area (Å²) in [7, 11) is -5.44. The van der Waals surface area contributed by atoms with Gasteiger partial charge in [0.15, 0.2) is 11.4 Å². The molecule has 0 N–H and O–H groups in total. The number of ether oxygens (including phenoxy) is 1. The molecule has 196 valence electrons. The third-order valence-electron chi connectivity index (χ3n) is 6.69. The van der Waals surface area contributed by atoms with Gasteiger partial charge in [0.1, 0.15) is 0 Å². The molecule has 4 nitrogen and oxygen atoms in total. The molecular formula is C32H24F2O4S. The van der Waals surface area contributed by atoms with Gasteiger partial charge < -0.3 is 4.74 Å². The second-order valence-corrected chi connectivity index (χ2v) is 11.3. The number of carbonyl (C=O) groups excluding carboxylic acids is 1. The first-order chi connectivity index (χ1) is 18.8. The number of benzene rings is 5. The fraction of sp³-hybridized carbons (Fsp3) is 0.0938. The molecule has 0 aliphatic rings. The van der Waals surface area contributed by atoms with E-state index in [-0.39, 0.29) is 22.3 Å². The summed E-state index contributed by atoms with van der Waals surface area (Å²) in [5.41, 5.74) is 0.469. The van der Waals surface area contributed by atoms with Gasteiger partial charge in [0, 0.05) is 0 Å². The van der Waals surface area contributed by atoms with Crippen molar-refractivity contribution in [2.45, 2.75) is 10.0 Å². The van der Waals surface area contributed by atoms with Crippen LogP contribution < -0.4 is 0 Å². The molecule has 0 saturated carbocycles. The number of sulfone groups is 1. The molecule has 5 aromatic carbocycles. The molecule has 5 rings (SSSR count). The monoisotopic (exact) mass is 542 g/mol. The molecular weight excluding hydrogens is 518 g/mol. The summed E-state index contributed by atoms with van der Waals surface area (Å²) in [4.78, 5) is 12.8. The van der Waals surface area contributed by atoms with Crippen molar-refractivity contribution in [2.24, 2.45) is 0 Å². The highest BCUT2D eigenvalue weighted by Gasteiger charge is 2.61. The van der Waals surface area contributed by atoms with Crippen LogP contribution >= 0.6 is 0 Å². The Balaban J connectivity index is 1.59. The van der Waals surface area contributed by atoms with Gasteiger partial charge >= 0.3 is 11.2 Å². The first-order valence-corrected chi connectivity index (χ1v) is 13.7. The van der Waals surface area contributed by atoms with Crippen LogP contribution in [0.25, 0.3) is 10.8 Å². The smallest absolute Gasteiger partial charge is 0.380 e. The summed E-state index contributed by atoms with van der Waals surface area (Å²) in [6.45, 7) is -1.64. The topological polar surface area (TPSA) is 60.4 Å². The van der Waals surface area contributed by atoms with E-state index in [0.29, 0.717) is 0 Å². The minimum atomic E-state index is -5.44. The molecule has 0 aromatic heterocycles. The predicted molar refractivity (Wildman–Crippen MR) is 147 cm³/mol. The van der Waals surface area contributed by atoms with E-state index in [2.05, 4.69) is 0 Å². The highest BCUT2D eigenvalue weighted by atomic mass is 32.2. The zero-order chi connectivity index (χ0) is 27.5. The third kappa shape index (κ3) is 4.59. The summed E-state index contributed by atoms with van der Waals surface area (Å²) >= 11 is 0. The van der Waals surface area contributed by atoms with Crippen LogP contribution in [0, 0.1) is 0 Å². The van der Waals surface area contributed by atoms with Gasteiger partial charge in [0.2, 0.25) is 9.84 Å². The van der Waals surface area contributed by atoms with Gasteiger partial charge in [0.05, 0.1) is 5.56 Å². The molecule has 0 saturated heterocycles.